The van der Waals surface area contributed by atoms with Crippen LogP contribution in [0, 0.1) is 0 Å². The number of amides is 2. The van der Waals surface area contributed by atoms with Gasteiger partial charge in [0.25, 0.3) is 0 Å². The Balaban J connectivity index is 2.48. The molecule has 2 unspecified atom stereocenters. The summed E-state index contributed by atoms with van der Waals surface area (Å²) in [6.45, 7) is 5.20. The van der Waals surface area contributed by atoms with Crippen LogP contribution in [0.5, 0.6) is 11.5 Å². The van der Waals surface area contributed by atoms with Crippen molar-refractivity contribution in [2.75, 3.05) is 27.3 Å². The number of benzene rings is 1. The topological polar surface area (TPSA) is 76.8 Å². The lowest BCUT2D eigenvalue weighted by Gasteiger charge is -2.40. The first-order valence-electron chi connectivity index (χ1n) is 8.12. The van der Waals surface area contributed by atoms with Crippen LogP contribution >= 0.6 is 0 Å². The van der Waals surface area contributed by atoms with E-state index in [0.717, 1.165) is 24.0 Å². The molecule has 1 aromatic rings. The number of rotatable bonds is 5. The highest BCUT2D eigenvalue weighted by atomic mass is 16.5. The Labute approximate surface area is 137 Å². The van der Waals surface area contributed by atoms with E-state index in [4.69, 9.17) is 15.2 Å². The lowest BCUT2D eigenvalue weighted by molar-refractivity contribution is 0.156. The van der Waals surface area contributed by atoms with Crippen LogP contribution in [0.3, 0.4) is 0 Å². The molecule has 1 aliphatic rings. The zero-order valence-corrected chi connectivity index (χ0v) is 14.4. The van der Waals surface area contributed by atoms with E-state index in [9.17, 15) is 4.79 Å². The number of ether oxygens (including phenoxy) is 2. The first-order valence-corrected chi connectivity index (χ1v) is 8.12. The monoisotopic (exact) mass is 321 g/mol. The zero-order chi connectivity index (χ0) is 17.0. The fourth-order valence-electron chi connectivity index (χ4n) is 3.14. The molecule has 0 radical (unpaired) electrons. The number of urea groups is 1. The third-order valence-electron chi connectivity index (χ3n) is 4.39. The number of methoxy groups -OCH3 is 2. The minimum absolute atomic E-state index is 0.0677. The molecule has 1 aliphatic heterocycles. The van der Waals surface area contributed by atoms with Crippen LogP contribution in [0.2, 0.25) is 0 Å². The Morgan fingerprint density at radius 3 is 2.57 bits per heavy atom. The van der Waals surface area contributed by atoms with Gasteiger partial charge in [0.1, 0.15) is 0 Å². The van der Waals surface area contributed by atoms with E-state index in [0.29, 0.717) is 24.6 Å². The number of nitrogens with two attached hydrogens (primary N) is 1. The van der Waals surface area contributed by atoms with Crippen LogP contribution in [0.1, 0.15) is 37.4 Å². The van der Waals surface area contributed by atoms with Gasteiger partial charge >= 0.3 is 6.03 Å². The first-order chi connectivity index (χ1) is 11.1. The fourth-order valence-corrected chi connectivity index (χ4v) is 3.14. The molecule has 0 saturated carbocycles. The highest BCUT2D eigenvalue weighted by molar-refractivity contribution is 5.75. The zero-order valence-electron chi connectivity index (χ0n) is 14.4. The van der Waals surface area contributed by atoms with Crippen molar-refractivity contribution in [1.29, 1.82) is 0 Å². The summed E-state index contributed by atoms with van der Waals surface area (Å²) in [5.41, 5.74) is 8.57. The average molecular weight is 321 g/mol. The lowest BCUT2D eigenvalue weighted by atomic mass is 9.87. The van der Waals surface area contributed by atoms with Gasteiger partial charge in [0, 0.05) is 19.1 Å². The number of carbonyl (C=O) groups excluding carboxylic acids is 1. The minimum Gasteiger partial charge on any atom is -0.493 e. The maximum atomic E-state index is 12.4. The third-order valence-corrected chi connectivity index (χ3v) is 4.39. The Morgan fingerprint density at radius 1 is 1.35 bits per heavy atom. The van der Waals surface area contributed by atoms with Crippen molar-refractivity contribution in [3.8, 4) is 11.5 Å². The molecule has 0 spiro atoms. The van der Waals surface area contributed by atoms with Crippen molar-refractivity contribution in [3.63, 3.8) is 0 Å². The van der Waals surface area contributed by atoms with Crippen molar-refractivity contribution in [1.82, 2.24) is 10.2 Å². The van der Waals surface area contributed by atoms with Gasteiger partial charge in [-0.1, -0.05) is 6.92 Å². The summed E-state index contributed by atoms with van der Waals surface area (Å²) in [4.78, 5) is 14.3. The molecule has 6 nitrogen and oxygen atoms in total. The number of nitrogens with one attached hydrogen (secondary N) is 1. The molecule has 2 amide bonds. The summed E-state index contributed by atoms with van der Waals surface area (Å²) < 4.78 is 10.8. The normalized spacial score (nSPS) is 18.1. The molecule has 0 bridgehead atoms. The molecule has 2 rings (SSSR count). The van der Waals surface area contributed by atoms with Gasteiger partial charge < -0.3 is 25.4 Å². The second-order valence-corrected chi connectivity index (χ2v) is 5.70. The molecule has 0 aromatic heterocycles. The molecule has 0 saturated heterocycles. The van der Waals surface area contributed by atoms with E-state index >= 15 is 0 Å². The summed E-state index contributed by atoms with van der Waals surface area (Å²) >= 11 is 0. The van der Waals surface area contributed by atoms with Crippen molar-refractivity contribution in [3.05, 3.63) is 23.3 Å². The quantitative estimate of drug-likeness (QED) is 0.870. The maximum Gasteiger partial charge on any atom is 0.317 e. The highest BCUT2D eigenvalue weighted by Gasteiger charge is 2.35. The molecule has 0 aliphatic carbocycles. The number of nitrogens with zero attached hydrogens (tertiary/aromatic N) is 1. The van der Waals surface area contributed by atoms with E-state index in [2.05, 4.69) is 5.32 Å². The van der Waals surface area contributed by atoms with Gasteiger partial charge in [-0.05, 0) is 43.0 Å². The Kier molecular flexibility index (Phi) is 5.71. The van der Waals surface area contributed by atoms with E-state index in [1.807, 2.05) is 30.9 Å². The van der Waals surface area contributed by atoms with Gasteiger partial charge in [-0.2, -0.15) is 0 Å². The van der Waals surface area contributed by atoms with Crippen molar-refractivity contribution in [2.24, 2.45) is 5.73 Å². The molecule has 6 heteroatoms. The van der Waals surface area contributed by atoms with Crippen LogP contribution in [-0.4, -0.2) is 44.3 Å². The summed E-state index contributed by atoms with van der Waals surface area (Å²) in [6.07, 6.45) is 1.56. The van der Waals surface area contributed by atoms with Crippen LogP contribution in [0.25, 0.3) is 0 Å². The molecule has 0 fully saturated rings. The van der Waals surface area contributed by atoms with Crippen LogP contribution in [-0.2, 0) is 6.42 Å². The molecule has 128 valence electrons. The maximum absolute atomic E-state index is 12.4. The Hall–Kier alpha value is -1.95. The molecule has 1 aromatic carbocycles. The number of hydrogen-bond acceptors (Lipinski definition) is 4. The number of fused-ring (bicyclic) bond motifs is 1. The van der Waals surface area contributed by atoms with Gasteiger partial charge in [-0.25, -0.2) is 4.79 Å². The molecule has 23 heavy (non-hydrogen) atoms. The third kappa shape index (κ3) is 3.37. The van der Waals surface area contributed by atoms with Gasteiger partial charge in [0.15, 0.2) is 11.5 Å². The van der Waals surface area contributed by atoms with Gasteiger partial charge in [-0.3, -0.25) is 0 Å². The first kappa shape index (κ1) is 17.4. The van der Waals surface area contributed by atoms with Crippen LogP contribution in [0.4, 0.5) is 4.79 Å². The summed E-state index contributed by atoms with van der Waals surface area (Å²) in [7, 11) is 3.24. The molecular weight excluding hydrogens is 294 g/mol. The summed E-state index contributed by atoms with van der Waals surface area (Å²) in [5.74, 6) is 1.37. The van der Waals surface area contributed by atoms with Gasteiger partial charge in [0.2, 0.25) is 0 Å². The molecular formula is C17H27N3O3. The molecule has 1 heterocycles. The second-order valence-electron chi connectivity index (χ2n) is 5.70. The van der Waals surface area contributed by atoms with Crippen LogP contribution in [0.15, 0.2) is 12.1 Å². The van der Waals surface area contributed by atoms with Gasteiger partial charge in [-0.15, -0.1) is 0 Å². The predicted molar refractivity (Wildman–Crippen MR) is 90.0 cm³/mol. The largest absolute Gasteiger partial charge is 0.493 e. The average Bonchev–Trinajstić information content (AvgIpc) is 2.58. The van der Waals surface area contributed by atoms with Gasteiger partial charge in [0.05, 0.1) is 20.3 Å². The lowest BCUT2D eigenvalue weighted by Crippen LogP contribution is -2.51. The second kappa shape index (κ2) is 7.55. The summed E-state index contributed by atoms with van der Waals surface area (Å²) in [5, 5.41) is 2.88. The fraction of sp³-hybridized carbons (Fsp3) is 0.588. The molecule has 3 N–H and O–H groups in total. The van der Waals surface area contributed by atoms with E-state index in [1.165, 1.54) is 0 Å². The number of carbonyl (C=O) groups is 1. The van der Waals surface area contributed by atoms with Crippen molar-refractivity contribution < 1.29 is 14.3 Å². The predicted octanol–water partition coefficient (Wildman–Crippen LogP) is 2.07. The van der Waals surface area contributed by atoms with Crippen LogP contribution < -0.4 is 20.5 Å². The summed E-state index contributed by atoms with van der Waals surface area (Å²) in [6, 6.07) is 3.60. The SMILES string of the molecule is CCNC(=O)N1CCc2cc(OC)c(OC)cc2C1C(N)CC. The smallest absolute Gasteiger partial charge is 0.317 e. The number of hydrogen-bond donors (Lipinski definition) is 2. The Bertz CT molecular complexity index is 562. The van der Waals surface area contributed by atoms with E-state index < -0.39 is 0 Å². The Morgan fingerprint density at radius 2 is 2.00 bits per heavy atom. The van der Waals surface area contributed by atoms with E-state index in [1.54, 1.807) is 14.2 Å². The minimum atomic E-state index is -0.157. The standard InChI is InChI=1S/C17H27N3O3/c1-5-13(18)16-12-10-15(23-4)14(22-3)9-11(12)7-8-20(16)17(21)19-6-2/h9-10,13,16H,5-8,18H2,1-4H3,(H,19,21). The van der Waals surface area contributed by atoms with E-state index in [-0.39, 0.29) is 18.1 Å². The highest BCUT2D eigenvalue weighted by Crippen LogP contribution is 2.39. The van der Waals surface area contributed by atoms with Crippen molar-refractivity contribution in [2.45, 2.75) is 38.8 Å². The van der Waals surface area contributed by atoms with Crippen molar-refractivity contribution >= 4 is 6.03 Å². The molecule has 2 atom stereocenters.